The Labute approximate surface area is 80.9 Å². The Morgan fingerprint density at radius 1 is 1.06 bits per heavy atom. The van der Waals surface area contributed by atoms with Gasteiger partial charge in [0.15, 0.2) is 0 Å². The van der Waals surface area contributed by atoms with Crippen LogP contribution in [-0.4, -0.2) is 29.2 Å². The minimum absolute atomic E-state index is 2.04. The lowest BCUT2D eigenvalue weighted by Gasteiger charge is -2.18. The Balaban J connectivity index is 4.97. The number of carbonyl (C=O) groups excluding carboxylic acids is 1. The van der Waals surface area contributed by atoms with Gasteiger partial charge in [-0.1, -0.05) is 0 Å². The molecule has 0 rings (SSSR count). The van der Waals surface area contributed by atoms with E-state index in [-0.39, 0.29) is 0 Å². The van der Waals surface area contributed by atoms with E-state index < -0.39 is 29.2 Å². The fourth-order valence-electron chi connectivity index (χ4n) is 0.342. The van der Waals surface area contributed by atoms with E-state index in [9.17, 15) is 45.6 Å². The first kappa shape index (κ1) is 14.4. The summed E-state index contributed by atoms with van der Waals surface area (Å²) in [6.45, 7) is 0. The van der Waals surface area contributed by atoms with Crippen molar-refractivity contribution in [3.8, 4) is 0 Å². The van der Waals surface area contributed by atoms with E-state index in [1.165, 1.54) is 0 Å². The molecule has 0 aromatic carbocycles. The third kappa shape index (κ3) is 2.70. The molecule has 0 atom stereocenters. The minimum Gasteiger partial charge on any atom is -0.384 e. The van der Waals surface area contributed by atoms with E-state index in [4.69, 9.17) is 0 Å². The molecular formula is C4F7NO4. The van der Waals surface area contributed by atoms with Gasteiger partial charge in [-0.3, -0.25) is 10.1 Å². The van der Waals surface area contributed by atoms with Gasteiger partial charge in [0.05, 0.1) is 0 Å². The van der Waals surface area contributed by atoms with Crippen LogP contribution in [0.2, 0.25) is 0 Å². The number of carbonyl (C=O) groups is 1. The minimum atomic E-state index is -6.21. The summed E-state index contributed by atoms with van der Waals surface area (Å²) in [6.07, 6.45) is -12.2. The van der Waals surface area contributed by atoms with Crippen molar-refractivity contribution < 1.29 is 45.2 Å². The zero-order valence-corrected chi connectivity index (χ0v) is 6.73. The standard InChI is InChI=1S/C4F7NO4/c5-2(6,7)1(13)16-4(10,11)3(8,9)12(14)15. The van der Waals surface area contributed by atoms with E-state index in [1.54, 1.807) is 0 Å². The lowest BCUT2D eigenvalue weighted by Crippen LogP contribution is -2.51. The van der Waals surface area contributed by atoms with Gasteiger partial charge in [-0.2, -0.15) is 22.0 Å². The van der Waals surface area contributed by atoms with E-state index in [0.717, 1.165) is 0 Å². The molecule has 0 saturated carbocycles. The lowest BCUT2D eigenvalue weighted by atomic mass is 10.5. The number of nitrogens with zero attached hydrogens (tertiary/aromatic N) is 1. The molecule has 0 aliphatic carbocycles. The highest BCUT2D eigenvalue weighted by atomic mass is 19.4. The number of ether oxygens (including phenoxy) is 1. The number of esters is 1. The maximum atomic E-state index is 12.1. The second-order valence-corrected chi connectivity index (χ2v) is 2.20. The third-order valence-electron chi connectivity index (χ3n) is 1.03. The van der Waals surface area contributed by atoms with Crippen LogP contribution in [0.4, 0.5) is 30.7 Å². The first-order valence-electron chi connectivity index (χ1n) is 3.02. The second kappa shape index (κ2) is 3.75. The first-order chi connectivity index (χ1) is 6.82. The van der Waals surface area contributed by atoms with E-state index in [2.05, 4.69) is 0 Å². The van der Waals surface area contributed by atoms with Crippen LogP contribution in [0.3, 0.4) is 0 Å². The van der Waals surface area contributed by atoms with Crippen molar-refractivity contribution in [2.75, 3.05) is 0 Å². The van der Waals surface area contributed by atoms with Crippen molar-refractivity contribution >= 4 is 5.97 Å². The van der Waals surface area contributed by atoms with Gasteiger partial charge >= 0.3 is 24.3 Å². The highest BCUT2D eigenvalue weighted by molar-refractivity contribution is 5.75. The molecule has 5 nitrogen and oxygen atoms in total. The summed E-state index contributed by atoms with van der Waals surface area (Å²) in [5.74, 6) is -3.67. The molecule has 0 saturated heterocycles. The van der Waals surface area contributed by atoms with Gasteiger partial charge in [-0.15, -0.1) is 8.78 Å². The quantitative estimate of drug-likeness (QED) is 0.253. The van der Waals surface area contributed by atoms with Gasteiger partial charge < -0.3 is 4.74 Å². The molecule has 0 radical (unpaired) electrons. The molecule has 12 heteroatoms. The Hall–Kier alpha value is -1.62. The lowest BCUT2D eigenvalue weighted by molar-refractivity contribution is -0.692. The number of alkyl halides is 7. The van der Waals surface area contributed by atoms with Crippen LogP contribution in [-0.2, 0) is 9.53 Å². The molecule has 16 heavy (non-hydrogen) atoms. The Morgan fingerprint density at radius 2 is 1.44 bits per heavy atom. The zero-order chi connectivity index (χ0) is 13.4. The molecular weight excluding hydrogens is 259 g/mol. The van der Waals surface area contributed by atoms with Crippen molar-refractivity contribution in [3.05, 3.63) is 10.1 Å². The highest BCUT2D eigenvalue weighted by Gasteiger charge is 2.74. The number of hydrogen-bond acceptors (Lipinski definition) is 4. The molecule has 94 valence electrons. The third-order valence-corrected chi connectivity index (χ3v) is 1.03. The maximum absolute atomic E-state index is 12.1. The normalized spacial score (nSPS) is 13.4. The van der Waals surface area contributed by atoms with Gasteiger partial charge in [0.25, 0.3) is 0 Å². The van der Waals surface area contributed by atoms with Gasteiger partial charge in [-0.05, 0) is 0 Å². The van der Waals surface area contributed by atoms with Gasteiger partial charge in [0.1, 0.15) is 4.92 Å². The molecule has 0 fully saturated rings. The largest absolute Gasteiger partial charge is 0.618 e. The average molecular weight is 259 g/mol. The predicted molar refractivity (Wildman–Crippen MR) is 29.0 cm³/mol. The van der Waals surface area contributed by atoms with E-state index in [0.29, 0.717) is 0 Å². The molecule has 0 amide bonds. The molecule has 0 aliphatic rings. The smallest absolute Gasteiger partial charge is 0.384 e. The van der Waals surface area contributed by atoms with Crippen LogP contribution in [0.15, 0.2) is 0 Å². The van der Waals surface area contributed by atoms with Gasteiger partial charge in [0, 0.05) is 0 Å². The summed E-state index contributed by atoms with van der Waals surface area (Å²) >= 11 is 0. The fourth-order valence-corrected chi connectivity index (χ4v) is 0.342. The zero-order valence-electron chi connectivity index (χ0n) is 6.73. The first-order valence-corrected chi connectivity index (χ1v) is 3.02. The number of nitro groups is 1. The van der Waals surface area contributed by atoms with E-state index in [1.807, 2.05) is 4.74 Å². The average Bonchev–Trinajstić information content (AvgIpc) is 2.00. The number of rotatable bonds is 3. The molecule has 0 N–H and O–H groups in total. The van der Waals surface area contributed by atoms with Crippen LogP contribution in [0, 0.1) is 10.1 Å². The summed E-state index contributed by atoms with van der Waals surface area (Å²) in [4.78, 5) is 16.3. The Kier molecular flexibility index (Phi) is 3.37. The molecule has 0 heterocycles. The summed E-state index contributed by atoms with van der Waals surface area (Å²) in [5.41, 5.74) is 0. The van der Waals surface area contributed by atoms with Crippen molar-refractivity contribution in [1.29, 1.82) is 0 Å². The number of hydrogen-bond donors (Lipinski definition) is 0. The van der Waals surface area contributed by atoms with Gasteiger partial charge in [-0.25, -0.2) is 4.79 Å². The van der Waals surface area contributed by atoms with Crippen molar-refractivity contribution in [1.82, 2.24) is 0 Å². The summed E-state index contributed by atoms with van der Waals surface area (Å²) in [7, 11) is 0. The topological polar surface area (TPSA) is 69.4 Å². The van der Waals surface area contributed by atoms with Crippen molar-refractivity contribution in [2.45, 2.75) is 18.3 Å². The summed E-state index contributed by atoms with van der Waals surface area (Å²) in [6, 6.07) is -6.16. The van der Waals surface area contributed by atoms with Crippen LogP contribution in [0.25, 0.3) is 0 Å². The molecule has 0 aromatic rings. The molecule has 0 unspecified atom stereocenters. The SMILES string of the molecule is O=C(OC(F)(F)C(F)(F)[N+](=O)[O-])C(F)(F)F. The molecule has 0 bridgehead atoms. The Bertz CT molecular complexity index is 310. The van der Waals surface area contributed by atoms with Crippen LogP contribution in [0.5, 0.6) is 0 Å². The van der Waals surface area contributed by atoms with Gasteiger partial charge in [0.2, 0.25) is 0 Å². The van der Waals surface area contributed by atoms with E-state index >= 15 is 0 Å². The van der Waals surface area contributed by atoms with Crippen LogP contribution >= 0.6 is 0 Å². The van der Waals surface area contributed by atoms with Crippen molar-refractivity contribution in [3.63, 3.8) is 0 Å². The monoisotopic (exact) mass is 259 g/mol. The fraction of sp³-hybridized carbons (Fsp3) is 0.750. The molecule has 0 aliphatic heterocycles. The predicted octanol–water partition coefficient (Wildman–Crippen LogP) is 1.55. The maximum Gasteiger partial charge on any atom is 0.618 e. The second-order valence-electron chi connectivity index (χ2n) is 2.20. The summed E-state index contributed by atoms with van der Waals surface area (Å²) in [5, 5.41) is 9.40. The summed E-state index contributed by atoms with van der Waals surface area (Å²) < 4.78 is 84.2. The van der Waals surface area contributed by atoms with Crippen LogP contribution < -0.4 is 0 Å². The molecule has 0 aromatic heterocycles. The highest BCUT2D eigenvalue weighted by Crippen LogP contribution is 2.37. The van der Waals surface area contributed by atoms with Crippen LogP contribution in [0.1, 0.15) is 0 Å². The Morgan fingerprint density at radius 3 is 1.69 bits per heavy atom. The number of halogens is 7. The van der Waals surface area contributed by atoms with Crippen molar-refractivity contribution in [2.24, 2.45) is 0 Å². The molecule has 0 spiro atoms.